The molecular weight excluding hydrogens is 559 g/mol. The van der Waals surface area contributed by atoms with Crippen LogP contribution in [0.2, 0.25) is 10.0 Å². The fourth-order valence-corrected chi connectivity index (χ4v) is 5.03. The van der Waals surface area contributed by atoms with Crippen molar-refractivity contribution in [3.8, 4) is 5.75 Å². The van der Waals surface area contributed by atoms with E-state index in [0.717, 1.165) is 18.4 Å². The van der Waals surface area contributed by atoms with Crippen LogP contribution in [0.15, 0.2) is 36.4 Å². The number of hydrogen-bond acceptors (Lipinski definition) is 7. The summed E-state index contributed by atoms with van der Waals surface area (Å²) in [6.07, 6.45) is 1.08. The van der Waals surface area contributed by atoms with Crippen molar-refractivity contribution in [2.45, 2.75) is 45.8 Å². The Kier molecular flexibility index (Phi) is 10.7. The molecule has 0 heterocycles. The van der Waals surface area contributed by atoms with Crippen molar-refractivity contribution in [1.82, 2.24) is 10.2 Å². The van der Waals surface area contributed by atoms with E-state index in [1.165, 1.54) is 24.1 Å². The Morgan fingerprint density at radius 2 is 1.82 bits per heavy atom. The number of nitrogens with one attached hydrogen (secondary N) is 1. The van der Waals surface area contributed by atoms with Gasteiger partial charge in [0.1, 0.15) is 24.0 Å². The highest BCUT2D eigenvalue weighted by atomic mass is 35.5. The molecule has 2 amide bonds. The van der Waals surface area contributed by atoms with Crippen molar-refractivity contribution in [1.29, 1.82) is 0 Å². The van der Waals surface area contributed by atoms with Crippen LogP contribution >= 0.6 is 23.2 Å². The first-order valence-electron chi connectivity index (χ1n) is 11.5. The van der Waals surface area contributed by atoms with E-state index in [-0.39, 0.29) is 35.5 Å². The minimum absolute atomic E-state index is 0.00529. The van der Waals surface area contributed by atoms with Crippen LogP contribution in [0.4, 0.5) is 11.4 Å². The van der Waals surface area contributed by atoms with Gasteiger partial charge in [-0.1, -0.05) is 36.2 Å². The monoisotopic (exact) mass is 588 g/mol. The quantitative estimate of drug-likeness (QED) is 0.292. The van der Waals surface area contributed by atoms with Crippen LogP contribution in [-0.4, -0.2) is 62.0 Å². The van der Waals surface area contributed by atoms with Crippen LogP contribution in [0.25, 0.3) is 0 Å². The maximum atomic E-state index is 13.8. The second kappa shape index (κ2) is 13.1. The highest BCUT2D eigenvalue weighted by Crippen LogP contribution is 2.34. The number of halogens is 2. The highest BCUT2D eigenvalue weighted by Gasteiger charge is 2.33. The highest BCUT2D eigenvalue weighted by molar-refractivity contribution is 7.92. The zero-order valence-electron chi connectivity index (χ0n) is 21.6. The third kappa shape index (κ3) is 7.95. The number of rotatable bonds is 12. The number of methoxy groups -OCH3 is 1. The predicted octanol–water partition coefficient (Wildman–Crippen LogP) is 4.01. The Bertz CT molecular complexity index is 1300. The normalized spacial score (nSPS) is 12.1. The van der Waals surface area contributed by atoms with Crippen LogP contribution < -0.4 is 14.4 Å². The predicted molar refractivity (Wildman–Crippen MR) is 146 cm³/mol. The summed E-state index contributed by atoms with van der Waals surface area (Å²) in [6.45, 7) is 4.38. The number of ether oxygens (including phenoxy) is 1. The number of carbonyl (C=O) groups excluding carboxylic acids is 2. The van der Waals surface area contributed by atoms with Crippen LogP contribution in [-0.2, 0) is 26.2 Å². The first-order valence-corrected chi connectivity index (χ1v) is 14.1. The van der Waals surface area contributed by atoms with Gasteiger partial charge in [-0.05, 0) is 44.0 Å². The largest absolute Gasteiger partial charge is 0.495 e. The van der Waals surface area contributed by atoms with Crippen molar-refractivity contribution in [2.24, 2.45) is 0 Å². The zero-order valence-corrected chi connectivity index (χ0v) is 23.9. The number of non-ortho nitro benzene ring substituents is 1. The SMILES string of the molecule is CC[C@@H](C(=O)NC(C)C)N(Cc1ccc(Cl)cc1Cl)C(=O)CN(c1cc([N+](=O)[O-])ccc1OC)S(C)(=O)=O. The molecule has 0 saturated heterocycles. The van der Waals surface area contributed by atoms with Crippen LogP contribution in [0.3, 0.4) is 0 Å². The van der Waals surface area contributed by atoms with Gasteiger partial charge >= 0.3 is 0 Å². The van der Waals surface area contributed by atoms with Gasteiger partial charge in [0.25, 0.3) is 5.69 Å². The Morgan fingerprint density at radius 3 is 2.32 bits per heavy atom. The fourth-order valence-electron chi connectivity index (χ4n) is 3.72. The van der Waals surface area contributed by atoms with Crippen molar-refractivity contribution in [2.75, 3.05) is 24.2 Å². The second-order valence-corrected chi connectivity index (χ2v) is 11.5. The van der Waals surface area contributed by atoms with Crippen LogP contribution in [0.5, 0.6) is 5.75 Å². The number of nitrogens with zero attached hydrogens (tertiary/aromatic N) is 3. The van der Waals surface area contributed by atoms with Gasteiger partial charge in [-0.15, -0.1) is 0 Å². The smallest absolute Gasteiger partial charge is 0.271 e. The third-order valence-corrected chi connectivity index (χ3v) is 7.21. The Morgan fingerprint density at radius 1 is 1.16 bits per heavy atom. The lowest BCUT2D eigenvalue weighted by molar-refractivity contribution is -0.384. The molecule has 0 unspecified atom stereocenters. The molecule has 38 heavy (non-hydrogen) atoms. The maximum Gasteiger partial charge on any atom is 0.271 e. The summed E-state index contributed by atoms with van der Waals surface area (Å²) in [5.41, 5.74) is -0.102. The minimum atomic E-state index is -4.14. The van der Waals surface area contributed by atoms with E-state index < -0.39 is 45.0 Å². The molecule has 1 atom stereocenters. The average Bonchev–Trinajstić information content (AvgIpc) is 2.81. The summed E-state index contributed by atoms with van der Waals surface area (Å²) in [5.74, 6) is -1.16. The molecule has 0 aliphatic carbocycles. The van der Waals surface area contributed by atoms with Crippen LogP contribution in [0.1, 0.15) is 32.8 Å². The van der Waals surface area contributed by atoms with Gasteiger partial charge in [-0.3, -0.25) is 24.0 Å². The summed E-state index contributed by atoms with van der Waals surface area (Å²) < 4.78 is 31.6. The topological polar surface area (TPSA) is 139 Å². The molecule has 0 spiro atoms. The second-order valence-electron chi connectivity index (χ2n) is 8.73. The fraction of sp³-hybridized carbons (Fsp3) is 0.417. The number of benzene rings is 2. The van der Waals surface area contributed by atoms with Gasteiger partial charge in [-0.25, -0.2) is 8.42 Å². The number of hydrogen-bond donors (Lipinski definition) is 1. The minimum Gasteiger partial charge on any atom is -0.495 e. The third-order valence-electron chi connectivity index (χ3n) is 5.49. The van der Waals surface area contributed by atoms with Crippen LogP contribution in [0, 0.1) is 10.1 Å². The van der Waals surface area contributed by atoms with Crippen molar-refractivity contribution in [3.63, 3.8) is 0 Å². The molecule has 0 radical (unpaired) electrons. The number of nitro benzene ring substituents is 1. The molecule has 2 aromatic rings. The molecule has 1 N–H and O–H groups in total. The van der Waals surface area contributed by atoms with Gasteiger partial charge in [-0.2, -0.15) is 0 Å². The molecule has 0 aliphatic heterocycles. The molecule has 2 rings (SSSR count). The van der Waals surface area contributed by atoms with Gasteiger partial charge in [0.05, 0.1) is 18.3 Å². The lowest BCUT2D eigenvalue weighted by Crippen LogP contribution is -2.53. The molecular formula is C24H30Cl2N4O7S. The van der Waals surface area contributed by atoms with E-state index in [1.54, 1.807) is 32.9 Å². The first kappa shape index (κ1) is 31.1. The molecule has 208 valence electrons. The Balaban J connectivity index is 2.60. The Labute approximate surface area is 231 Å². The summed E-state index contributed by atoms with van der Waals surface area (Å²) in [6, 6.07) is 6.91. The van der Waals surface area contributed by atoms with E-state index in [0.29, 0.717) is 14.9 Å². The van der Waals surface area contributed by atoms with Crippen molar-refractivity contribution in [3.05, 3.63) is 62.1 Å². The summed E-state index contributed by atoms with van der Waals surface area (Å²) in [4.78, 5) is 38.7. The molecule has 0 fully saturated rings. The van der Waals surface area contributed by atoms with Gasteiger partial charge in [0, 0.05) is 34.8 Å². The van der Waals surface area contributed by atoms with E-state index in [9.17, 15) is 28.1 Å². The summed E-state index contributed by atoms with van der Waals surface area (Å²) in [7, 11) is -2.87. The van der Waals surface area contributed by atoms with E-state index in [4.69, 9.17) is 27.9 Å². The molecule has 2 aromatic carbocycles. The Hall–Kier alpha value is -3.09. The van der Waals surface area contributed by atoms with Gasteiger partial charge < -0.3 is 15.0 Å². The molecule has 0 bridgehead atoms. The van der Waals surface area contributed by atoms with E-state index >= 15 is 0 Å². The maximum absolute atomic E-state index is 13.8. The summed E-state index contributed by atoms with van der Waals surface area (Å²) in [5, 5.41) is 14.8. The van der Waals surface area contributed by atoms with Gasteiger partial charge in [0.15, 0.2) is 0 Å². The number of nitro groups is 1. The summed E-state index contributed by atoms with van der Waals surface area (Å²) >= 11 is 12.3. The lowest BCUT2D eigenvalue weighted by Gasteiger charge is -2.33. The number of carbonyl (C=O) groups is 2. The van der Waals surface area contributed by atoms with Crippen molar-refractivity contribution >= 4 is 56.4 Å². The molecule has 0 saturated carbocycles. The van der Waals surface area contributed by atoms with Crippen molar-refractivity contribution < 1.29 is 27.7 Å². The number of sulfonamides is 1. The lowest BCUT2D eigenvalue weighted by atomic mass is 10.1. The van der Waals surface area contributed by atoms with E-state index in [1.807, 2.05) is 0 Å². The molecule has 0 aliphatic rings. The zero-order chi connectivity index (χ0) is 28.8. The molecule has 14 heteroatoms. The molecule has 0 aromatic heterocycles. The number of amides is 2. The van der Waals surface area contributed by atoms with E-state index in [2.05, 4.69) is 5.32 Å². The van der Waals surface area contributed by atoms with Gasteiger partial charge in [0.2, 0.25) is 21.8 Å². The standard InChI is InChI=1S/C24H30Cl2N4O7S/c1-6-20(24(32)27-15(2)3)28(13-16-7-8-17(25)11-19(16)26)23(31)14-29(38(5,35)36)21-12-18(30(33)34)9-10-22(21)37-4/h7-12,15,20H,6,13-14H2,1-5H3,(H,27,32)/t20-/m0/s1. The first-order chi connectivity index (χ1) is 17.7. The average molecular weight is 589 g/mol. The molecule has 11 nitrogen and oxygen atoms in total. The number of anilines is 1.